The van der Waals surface area contributed by atoms with Gasteiger partial charge in [0.2, 0.25) is 5.79 Å². The van der Waals surface area contributed by atoms with Crippen LogP contribution < -0.4 is 14.8 Å². The number of benzene rings is 1. The van der Waals surface area contributed by atoms with Crippen LogP contribution in [0.15, 0.2) is 18.2 Å². The third-order valence-corrected chi connectivity index (χ3v) is 3.61. The van der Waals surface area contributed by atoms with Gasteiger partial charge < -0.3 is 19.9 Å². The van der Waals surface area contributed by atoms with Crippen molar-refractivity contribution in [1.82, 2.24) is 0 Å². The molecule has 1 unspecified atom stereocenters. The number of aliphatic hydroxyl groups excluding tert-OH is 1. The molecule has 0 spiro atoms. The molecule has 2 rings (SSSR count). The number of hydrogen-bond acceptors (Lipinski definition) is 4. The van der Waals surface area contributed by atoms with Crippen LogP contribution in [0, 0.1) is 5.41 Å². The zero-order chi connectivity index (χ0) is 14.1. The van der Waals surface area contributed by atoms with Crippen molar-refractivity contribution in [3.63, 3.8) is 0 Å². The molecule has 0 saturated carbocycles. The average Bonchev–Trinajstić information content (AvgIpc) is 2.69. The Labute approximate surface area is 114 Å². The SMILES string of the molecule is CCC(C)(CO)CNc1ccc2c(c1)OC(C)(C)O2. The van der Waals surface area contributed by atoms with Gasteiger partial charge in [0, 0.05) is 37.6 Å². The van der Waals surface area contributed by atoms with E-state index in [0.717, 1.165) is 30.2 Å². The Morgan fingerprint density at radius 3 is 2.58 bits per heavy atom. The summed E-state index contributed by atoms with van der Waals surface area (Å²) in [6.07, 6.45) is 0.925. The van der Waals surface area contributed by atoms with Gasteiger partial charge in [-0.15, -0.1) is 0 Å². The van der Waals surface area contributed by atoms with Crippen LogP contribution in [0.25, 0.3) is 0 Å². The highest BCUT2D eigenvalue weighted by Crippen LogP contribution is 2.40. The predicted molar refractivity (Wildman–Crippen MR) is 75.8 cm³/mol. The van der Waals surface area contributed by atoms with Crippen molar-refractivity contribution in [1.29, 1.82) is 0 Å². The van der Waals surface area contributed by atoms with Gasteiger partial charge in [0.05, 0.1) is 6.61 Å². The van der Waals surface area contributed by atoms with E-state index in [1.54, 1.807) is 0 Å². The number of nitrogens with one attached hydrogen (secondary N) is 1. The van der Waals surface area contributed by atoms with E-state index in [-0.39, 0.29) is 12.0 Å². The van der Waals surface area contributed by atoms with Gasteiger partial charge >= 0.3 is 0 Å². The molecule has 2 N–H and O–H groups in total. The Hall–Kier alpha value is -1.42. The number of fused-ring (bicyclic) bond motifs is 1. The summed E-state index contributed by atoms with van der Waals surface area (Å²) in [7, 11) is 0. The summed E-state index contributed by atoms with van der Waals surface area (Å²) in [6.45, 7) is 8.83. The van der Waals surface area contributed by atoms with E-state index in [1.165, 1.54) is 0 Å². The lowest BCUT2D eigenvalue weighted by atomic mass is 9.88. The van der Waals surface area contributed by atoms with Gasteiger partial charge in [-0.25, -0.2) is 0 Å². The van der Waals surface area contributed by atoms with E-state index in [1.807, 2.05) is 32.0 Å². The highest BCUT2D eigenvalue weighted by atomic mass is 16.7. The van der Waals surface area contributed by atoms with Gasteiger partial charge in [-0.2, -0.15) is 0 Å². The summed E-state index contributed by atoms with van der Waals surface area (Å²) < 4.78 is 11.4. The number of aliphatic hydroxyl groups is 1. The van der Waals surface area contributed by atoms with Crippen molar-refractivity contribution in [2.24, 2.45) is 5.41 Å². The minimum atomic E-state index is -0.593. The molecule has 19 heavy (non-hydrogen) atoms. The molecule has 4 heteroatoms. The van der Waals surface area contributed by atoms with Crippen molar-refractivity contribution < 1.29 is 14.6 Å². The van der Waals surface area contributed by atoms with Crippen molar-refractivity contribution in [2.45, 2.75) is 39.9 Å². The van der Waals surface area contributed by atoms with Crippen LogP contribution in [-0.4, -0.2) is 24.0 Å². The molecule has 0 bridgehead atoms. The summed E-state index contributed by atoms with van der Waals surface area (Å²) in [5.74, 6) is 0.942. The second-order valence-electron chi connectivity index (χ2n) is 5.94. The summed E-state index contributed by atoms with van der Waals surface area (Å²) >= 11 is 0. The number of anilines is 1. The van der Waals surface area contributed by atoms with E-state index in [0.29, 0.717) is 0 Å². The molecule has 1 heterocycles. The number of ether oxygens (including phenoxy) is 2. The molecule has 0 amide bonds. The van der Waals surface area contributed by atoms with E-state index in [2.05, 4.69) is 19.2 Å². The van der Waals surface area contributed by atoms with Gasteiger partial charge in [-0.05, 0) is 18.6 Å². The van der Waals surface area contributed by atoms with Crippen molar-refractivity contribution >= 4 is 5.69 Å². The fourth-order valence-electron chi connectivity index (χ4n) is 1.94. The molecule has 1 atom stereocenters. The third-order valence-electron chi connectivity index (χ3n) is 3.61. The number of rotatable bonds is 5. The first-order chi connectivity index (χ1) is 8.87. The second-order valence-corrected chi connectivity index (χ2v) is 5.94. The van der Waals surface area contributed by atoms with Crippen LogP contribution in [-0.2, 0) is 0 Å². The van der Waals surface area contributed by atoms with Crippen molar-refractivity contribution in [3.8, 4) is 11.5 Å². The highest BCUT2D eigenvalue weighted by Gasteiger charge is 2.31. The van der Waals surface area contributed by atoms with Crippen LogP contribution in [0.1, 0.15) is 34.1 Å². The van der Waals surface area contributed by atoms with Gasteiger partial charge in [0.15, 0.2) is 11.5 Å². The minimum absolute atomic E-state index is 0.102. The largest absolute Gasteiger partial charge is 0.449 e. The van der Waals surface area contributed by atoms with Gasteiger partial charge in [0.1, 0.15) is 0 Å². The van der Waals surface area contributed by atoms with Crippen molar-refractivity contribution in [2.75, 3.05) is 18.5 Å². The summed E-state index contributed by atoms with van der Waals surface area (Å²) in [5.41, 5.74) is 0.878. The second kappa shape index (κ2) is 4.93. The molecular formula is C15H23NO3. The summed E-state index contributed by atoms with van der Waals surface area (Å²) in [4.78, 5) is 0. The van der Waals surface area contributed by atoms with E-state index < -0.39 is 5.79 Å². The Morgan fingerprint density at radius 1 is 1.26 bits per heavy atom. The first-order valence-corrected chi connectivity index (χ1v) is 6.74. The molecule has 106 valence electrons. The quantitative estimate of drug-likeness (QED) is 0.859. The van der Waals surface area contributed by atoms with Crippen molar-refractivity contribution in [3.05, 3.63) is 18.2 Å². The normalized spacial score (nSPS) is 19.0. The maximum absolute atomic E-state index is 9.40. The fraction of sp³-hybridized carbons (Fsp3) is 0.600. The lowest BCUT2D eigenvalue weighted by Gasteiger charge is -2.26. The maximum Gasteiger partial charge on any atom is 0.246 e. The van der Waals surface area contributed by atoms with Crippen LogP contribution in [0.4, 0.5) is 5.69 Å². The van der Waals surface area contributed by atoms with Crippen LogP contribution in [0.2, 0.25) is 0 Å². The fourth-order valence-corrected chi connectivity index (χ4v) is 1.94. The smallest absolute Gasteiger partial charge is 0.246 e. The van der Waals surface area contributed by atoms with Crippen LogP contribution >= 0.6 is 0 Å². The lowest BCUT2D eigenvalue weighted by molar-refractivity contribution is -0.0431. The third kappa shape index (κ3) is 3.13. The predicted octanol–water partition coefficient (Wildman–Crippen LogP) is 3.01. The van der Waals surface area contributed by atoms with E-state index in [4.69, 9.17) is 9.47 Å². The molecule has 0 radical (unpaired) electrons. The van der Waals surface area contributed by atoms with Gasteiger partial charge in [-0.1, -0.05) is 13.8 Å². The molecule has 0 saturated heterocycles. The molecule has 0 aromatic heterocycles. The zero-order valence-electron chi connectivity index (χ0n) is 12.1. The Kier molecular flexibility index (Phi) is 3.63. The molecule has 1 aromatic carbocycles. The molecule has 1 aromatic rings. The topological polar surface area (TPSA) is 50.7 Å². The monoisotopic (exact) mass is 265 g/mol. The zero-order valence-corrected chi connectivity index (χ0v) is 12.1. The van der Waals surface area contributed by atoms with Gasteiger partial charge in [-0.3, -0.25) is 0 Å². The summed E-state index contributed by atoms with van der Waals surface area (Å²) in [5, 5.41) is 12.8. The van der Waals surface area contributed by atoms with Gasteiger partial charge in [0.25, 0.3) is 0 Å². The molecule has 1 aliphatic rings. The molecule has 1 aliphatic heterocycles. The highest BCUT2D eigenvalue weighted by molar-refractivity contribution is 5.56. The molecular weight excluding hydrogens is 242 g/mol. The molecule has 4 nitrogen and oxygen atoms in total. The van der Waals surface area contributed by atoms with E-state index >= 15 is 0 Å². The lowest BCUT2D eigenvalue weighted by Crippen LogP contribution is -2.30. The first-order valence-electron chi connectivity index (χ1n) is 6.74. The molecule has 0 fully saturated rings. The maximum atomic E-state index is 9.40. The van der Waals surface area contributed by atoms with Crippen LogP contribution in [0.5, 0.6) is 11.5 Å². The Bertz CT molecular complexity index is 453. The number of hydrogen-bond donors (Lipinski definition) is 2. The summed E-state index contributed by atoms with van der Waals surface area (Å²) in [6, 6.07) is 5.82. The Balaban J connectivity index is 2.05. The Morgan fingerprint density at radius 2 is 1.95 bits per heavy atom. The minimum Gasteiger partial charge on any atom is -0.449 e. The first kappa shape index (κ1) is 14.0. The van der Waals surface area contributed by atoms with Crippen LogP contribution in [0.3, 0.4) is 0 Å². The standard InChI is InChI=1S/C15H23NO3/c1-5-15(4,10-17)9-16-11-6-7-12-13(8-11)19-14(2,3)18-12/h6-8,16-17H,5,9-10H2,1-4H3. The van der Waals surface area contributed by atoms with E-state index in [9.17, 15) is 5.11 Å². The average molecular weight is 265 g/mol. The molecule has 0 aliphatic carbocycles.